The van der Waals surface area contributed by atoms with Gasteiger partial charge in [0.05, 0.1) is 12.0 Å². The van der Waals surface area contributed by atoms with Crippen molar-refractivity contribution in [1.82, 2.24) is 4.90 Å². The lowest BCUT2D eigenvalue weighted by Gasteiger charge is -2.29. The van der Waals surface area contributed by atoms with Gasteiger partial charge in [0.1, 0.15) is 0 Å². The summed E-state index contributed by atoms with van der Waals surface area (Å²) in [5.74, 6) is -0.0622. The van der Waals surface area contributed by atoms with E-state index < -0.39 is 0 Å². The summed E-state index contributed by atoms with van der Waals surface area (Å²) in [6.45, 7) is 7.24. The molecule has 0 spiro atoms. The zero-order valence-electron chi connectivity index (χ0n) is 14.5. The molecule has 6 nitrogen and oxygen atoms in total. The molecular formula is C18H24N4O2. The van der Waals surface area contributed by atoms with Gasteiger partial charge in [0.2, 0.25) is 5.91 Å². The van der Waals surface area contributed by atoms with Gasteiger partial charge < -0.3 is 15.1 Å². The number of nitrogens with one attached hydrogen (secondary N) is 1. The minimum absolute atomic E-state index is 0.143. The number of hydrogen-bond acceptors (Lipinski definition) is 3. The van der Waals surface area contributed by atoms with E-state index in [1.807, 2.05) is 32.0 Å². The molecule has 0 aliphatic carbocycles. The lowest BCUT2D eigenvalue weighted by Crippen LogP contribution is -2.38. The van der Waals surface area contributed by atoms with E-state index in [0.717, 1.165) is 11.3 Å². The number of fused-ring (bicyclic) bond motifs is 1. The van der Waals surface area contributed by atoms with Gasteiger partial charge in [-0.2, -0.15) is 5.26 Å². The van der Waals surface area contributed by atoms with Crippen molar-refractivity contribution in [3.8, 4) is 6.07 Å². The molecule has 1 heterocycles. The van der Waals surface area contributed by atoms with E-state index in [-0.39, 0.29) is 17.9 Å². The van der Waals surface area contributed by atoms with Crippen molar-refractivity contribution >= 4 is 23.3 Å². The molecule has 1 atom stereocenters. The van der Waals surface area contributed by atoms with Gasteiger partial charge in [-0.15, -0.1) is 0 Å². The molecule has 1 aromatic rings. The Morgan fingerprint density at radius 2 is 2.17 bits per heavy atom. The van der Waals surface area contributed by atoms with Crippen LogP contribution in [0.3, 0.4) is 0 Å². The third-order valence-corrected chi connectivity index (χ3v) is 4.23. The molecule has 0 fully saturated rings. The van der Waals surface area contributed by atoms with Crippen molar-refractivity contribution in [3.05, 3.63) is 23.8 Å². The van der Waals surface area contributed by atoms with Crippen LogP contribution >= 0.6 is 0 Å². The Balaban J connectivity index is 2.12. The zero-order chi connectivity index (χ0) is 17.7. The van der Waals surface area contributed by atoms with E-state index in [9.17, 15) is 9.59 Å². The maximum absolute atomic E-state index is 12.4. The third-order valence-electron chi connectivity index (χ3n) is 4.23. The standard InChI is InChI=1S/C18H24N4O2/c1-4-21(12-13(3)11-19)18(24)20-15-7-8-16-14(10-15)6-9-17(23)22(16)5-2/h7-8,10,13H,4-6,9,12H2,1-3H3,(H,20,24). The van der Waals surface area contributed by atoms with Gasteiger partial charge in [-0.25, -0.2) is 4.79 Å². The highest BCUT2D eigenvalue weighted by molar-refractivity contribution is 5.97. The average Bonchev–Trinajstić information content (AvgIpc) is 2.59. The number of rotatable bonds is 5. The van der Waals surface area contributed by atoms with Crippen LogP contribution in [0.5, 0.6) is 0 Å². The Labute approximate surface area is 143 Å². The monoisotopic (exact) mass is 328 g/mol. The van der Waals surface area contributed by atoms with Gasteiger partial charge in [0.25, 0.3) is 0 Å². The number of carbonyl (C=O) groups excluding carboxylic acids is 2. The van der Waals surface area contributed by atoms with Gasteiger partial charge in [-0.3, -0.25) is 4.79 Å². The first kappa shape index (κ1) is 17.8. The maximum atomic E-state index is 12.4. The summed E-state index contributed by atoms with van der Waals surface area (Å²) >= 11 is 0. The Hall–Kier alpha value is -2.55. The van der Waals surface area contributed by atoms with Crippen molar-refractivity contribution in [2.24, 2.45) is 5.92 Å². The molecule has 1 aromatic carbocycles. The van der Waals surface area contributed by atoms with E-state index in [1.54, 1.807) is 16.7 Å². The van der Waals surface area contributed by atoms with Crippen LogP contribution in [0.4, 0.5) is 16.2 Å². The summed E-state index contributed by atoms with van der Waals surface area (Å²) in [5.41, 5.74) is 2.71. The number of carbonyl (C=O) groups is 2. The number of benzene rings is 1. The molecule has 3 amide bonds. The van der Waals surface area contributed by atoms with E-state index in [1.165, 1.54) is 0 Å². The number of amides is 3. The van der Waals surface area contributed by atoms with E-state index in [0.29, 0.717) is 38.2 Å². The molecule has 0 saturated carbocycles. The molecule has 1 unspecified atom stereocenters. The maximum Gasteiger partial charge on any atom is 0.321 e. The number of nitriles is 1. The first-order chi connectivity index (χ1) is 11.5. The summed E-state index contributed by atoms with van der Waals surface area (Å²) < 4.78 is 0. The van der Waals surface area contributed by atoms with Crippen molar-refractivity contribution in [1.29, 1.82) is 5.26 Å². The molecule has 1 N–H and O–H groups in total. The molecule has 6 heteroatoms. The van der Waals surface area contributed by atoms with Crippen LogP contribution in [-0.4, -0.2) is 36.5 Å². The van der Waals surface area contributed by atoms with Gasteiger partial charge in [0, 0.05) is 37.4 Å². The normalized spacial score (nSPS) is 14.6. The Bertz CT molecular complexity index is 665. The number of urea groups is 1. The second-order valence-electron chi connectivity index (χ2n) is 5.98. The Kier molecular flexibility index (Phi) is 5.80. The molecule has 0 aromatic heterocycles. The van der Waals surface area contributed by atoms with E-state index in [2.05, 4.69) is 11.4 Å². The predicted octanol–water partition coefficient (Wildman–Crippen LogP) is 3.00. The van der Waals surface area contributed by atoms with Gasteiger partial charge in [-0.05, 0) is 51.0 Å². The first-order valence-electron chi connectivity index (χ1n) is 8.38. The predicted molar refractivity (Wildman–Crippen MR) is 93.8 cm³/mol. The summed E-state index contributed by atoms with van der Waals surface area (Å²) in [6, 6.07) is 7.58. The van der Waals surface area contributed by atoms with Crippen LogP contribution < -0.4 is 10.2 Å². The number of aryl methyl sites for hydroxylation is 1. The second kappa shape index (κ2) is 7.82. The van der Waals surface area contributed by atoms with Crippen LogP contribution in [0.1, 0.15) is 32.8 Å². The highest BCUT2D eigenvalue weighted by Gasteiger charge is 2.23. The van der Waals surface area contributed by atoms with E-state index >= 15 is 0 Å². The Morgan fingerprint density at radius 3 is 2.79 bits per heavy atom. The quantitative estimate of drug-likeness (QED) is 0.902. The van der Waals surface area contributed by atoms with Crippen LogP contribution in [0.2, 0.25) is 0 Å². The lowest BCUT2D eigenvalue weighted by atomic mass is 10.0. The molecule has 1 aliphatic heterocycles. The number of anilines is 2. The summed E-state index contributed by atoms with van der Waals surface area (Å²) in [7, 11) is 0. The fourth-order valence-electron chi connectivity index (χ4n) is 2.91. The van der Waals surface area contributed by atoms with Crippen molar-refractivity contribution in [3.63, 3.8) is 0 Å². The van der Waals surface area contributed by atoms with Crippen LogP contribution in [-0.2, 0) is 11.2 Å². The second-order valence-corrected chi connectivity index (χ2v) is 5.98. The number of nitrogens with zero attached hydrogens (tertiary/aromatic N) is 3. The zero-order valence-corrected chi connectivity index (χ0v) is 14.5. The van der Waals surface area contributed by atoms with Crippen molar-refractivity contribution in [2.45, 2.75) is 33.6 Å². The molecule has 0 bridgehead atoms. The molecule has 0 saturated heterocycles. The minimum Gasteiger partial charge on any atom is -0.324 e. The summed E-state index contributed by atoms with van der Waals surface area (Å²) in [4.78, 5) is 27.7. The van der Waals surface area contributed by atoms with Gasteiger partial charge in [0.15, 0.2) is 0 Å². The van der Waals surface area contributed by atoms with Gasteiger partial charge >= 0.3 is 6.03 Å². The van der Waals surface area contributed by atoms with Gasteiger partial charge in [-0.1, -0.05) is 0 Å². The lowest BCUT2D eigenvalue weighted by molar-refractivity contribution is -0.118. The molecule has 24 heavy (non-hydrogen) atoms. The van der Waals surface area contributed by atoms with Crippen molar-refractivity contribution < 1.29 is 9.59 Å². The minimum atomic E-state index is -0.209. The van der Waals surface area contributed by atoms with E-state index in [4.69, 9.17) is 5.26 Å². The summed E-state index contributed by atoms with van der Waals surface area (Å²) in [6.07, 6.45) is 1.19. The molecule has 0 radical (unpaired) electrons. The highest BCUT2D eigenvalue weighted by atomic mass is 16.2. The smallest absolute Gasteiger partial charge is 0.321 e. The molecule has 128 valence electrons. The molecular weight excluding hydrogens is 304 g/mol. The first-order valence-corrected chi connectivity index (χ1v) is 8.38. The number of hydrogen-bond donors (Lipinski definition) is 1. The largest absolute Gasteiger partial charge is 0.324 e. The average molecular weight is 328 g/mol. The molecule has 1 aliphatic rings. The fraction of sp³-hybridized carbons (Fsp3) is 0.500. The van der Waals surface area contributed by atoms with Crippen molar-refractivity contribution in [2.75, 3.05) is 29.9 Å². The topological polar surface area (TPSA) is 76.4 Å². The highest BCUT2D eigenvalue weighted by Crippen LogP contribution is 2.30. The van der Waals surface area contributed by atoms with Crippen LogP contribution in [0.15, 0.2) is 18.2 Å². The SMILES string of the molecule is CCN(CC(C)C#N)C(=O)Nc1ccc2c(c1)CCC(=O)N2CC. The Morgan fingerprint density at radius 1 is 1.42 bits per heavy atom. The van der Waals surface area contributed by atoms with Crippen LogP contribution in [0, 0.1) is 17.2 Å². The molecule has 2 rings (SSSR count). The van der Waals surface area contributed by atoms with Crippen LogP contribution in [0.25, 0.3) is 0 Å². The summed E-state index contributed by atoms with van der Waals surface area (Å²) in [5, 5.41) is 11.8. The fourth-order valence-corrected chi connectivity index (χ4v) is 2.91. The third kappa shape index (κ3) is 3.85.